The molecule has 0 saturated heterocycles. The summed E-state index contributed by atoms with van der Waals surface area (Å²) in [6.07, 6.45) is 1.75. The largest absolute Gasteiger partial charge is 0.385 e. The molecule has 0 bridgehead atoms. The number of aromatic nitrogens is 2. The van der Waals surface area contributed by atoms with Crippen molar-refractivity contribution in [3.63, 3.8) is 0 Å². The van der Waals surface area contributed by atoms with Crippen LogP contribution in [0, 0.1) is 13.8 Å². The van der Waals surface area contributed by atoms with Gasteiger partial charge in [0.25, 0.3) is 0 Å². The highest BCUT2D eigenvalue weighted by Gasteiger charge is 2.09. The molecule has 0 amide bonds. The van der Waals surface area contributed by atoms with E-state index in [-0.39, 0.29) is 0 Å². The Balaban J connectivity index is 0.000000433. The van der Waals surface area contributed by atoms with Gasteiger partial charge in [0.1, 0.15) is 0 Å². The van der Waals surface area contributed by atoms with Gasteiger partial charge in [0.2, 0.25) is 0 Å². The number of benzene rings is 2. The molecular formula is C17H16F2N2OS. The van der Waals surface area contributed by atoms with Gasteiger partial charge in [-0.25, -0.2) is 4.98 Å². The van der Waals surface area contributed by atoms with Crippen molar-refractivity contribution >= 4 is 11.6 Å². The minimum atomic E-state index is -3.61. The second kappa shape index (κ2) is 7.78. The van der Waals surface area contributed by atoms with Crippen LogP contribution in [0.1, 0.15) is 11.1 Å². The molecule has 3 nitrogen and oxygen atoms in total. The van der Waals surface area contributed by atoms with E-state index in [1.54, 1.807) is 6.33 Å². The molecule has 0 fully saturated rings. The molecule has 120 valence electrons. The Morgan fingerprint density at radius 2 is 1.30 bits per heavy atom. The van der Waals surface area contributed by atoms with Gasteiger partial charge < -0.3 is 4.98 Å². The lowest BCUT2D eigenvalue weighted by Gasteiger charge is -2.04. The van der Waals surface area contributed by atoms with Crippen LogP contribution >= 0.6 is 0 Å². The lowest BCUT2D eigenvalue weighted by molar-refractivity contribution is 0.602. The van der Waals surface area contributed by atoms with Crippen LogP contribution in [0.5, 0.6) is 0 Å². The molecule has 0 radical (unpaired) electrons. The Hall–Kier alpha value is -2.34. The van der Waals surface area contributed by atoms with Gasteiger partial charge in [-0.05, 0) is 13.8 Å². The van der Waals surface area contributed by atoms with Gasteiger partial charge in [-0.3, -0.25) is 0 Å². The van der Waals surface area contributed by atoms with Crippen molar-refractivity contribution in [2.75, 3.05) is 0 Å². The molecule has 1 heterocycles. The lowest BCUT2D eigenvalue weighted by atomic mass is 10.0. The third-order valence-corrected chi connectivity index (χ3v) is 3.30. The SMILES string of the molecule is Cc1ccc(-c2nc[nH]c2-c2ccc(C)cc2)cc1.O=S(F)F. The molecule has 6 heteroatoms. The number of aryl methyl sites for hydroxylation is 2. The molecule has 23 heavy (non-hydrogen) atoms. The predicted octanol–water partition coefficient (Wildman–Crippen LogP) is 4.86. The van der Waals surface area contributed by atoms with Crippen LogP contribution in [0.25, 0.3) is 22.5 Å². The summed E-state index contributed by atoms with van der Waals surface area (Å²) in [5.41, 5.74) is 6.91. The van der Waals surface area contributed by atoms with Crippen LogP contribution in [0.3, 0.4) is 0 Å². The first-order valence-electron chi connectivity index (χ1n) is 6.89. The number of aromatic amines is 1. The maximum atomic E-state index is 9.81. The Bertz CT molecular complexity index is 719. The zero-order chi connectivity index (χ0) is 16.8. The highest BCUT2D eigenvalue weighted by molar-refractivity contribution is 7.74. The fraction of sp³-hybridized carbons (Fsp3) is 0.118. The summed E-state index contributed by atoms with van der Waals surface area (Å²) in [5.74, 6) is 0. The normalized spacial score (nSPS) is 10.3. The van der Waals surface area contributed by atoms with E-state index in [2.05, 4.69) is 72.3 Å². The van der Waals surface area contributed by atoms with Gasteiger partial charge in [-0.15, -0.1) is 0 Å². The number of hydrogen-bond donors (Lipinski definition) is 1. The molecule has 0 saturated carbocycles. The molecule has 1 aromatic heterocycles. The summed E-state index contributed by atoms with van der Waals surface area (Å²) in [6.45, 7) is 4.19. The summed E-state index contributed by atoms with van der Waals surface area (Å²) in [5, 5.41) is 0. The summed E-state index contributed by atoms with van der Waals surface area (Å²) >= 11 is -3.61. The van der Waals surface area contributed by atoms with E-state index in [0.717, 1.165) is 17.0 Å². The predicted molar refractivity (Wildman–Crippen MR) is 89.3 cm³/mol. The summed E-state index contributed by atoms with van der Waals surface area (Å²) in [4.78, 5) is 7.70. The molecular weight excluding hydrogens is 318 g/mol. The van der Waals surface area contributed by atoms with Gasteiger partial charge in [0.15, 0.2) is 0 Å². The first kappa shape index (κ1) is 17.0. The van der Waals surface area contributed by atoms with Crippen LogP contribution in [0.2, 0.25) is 0 Å². The van der Waals surface area contributed by atoms with Gasteiger partial charge >= 0.3 is 11.6 Å². The van der Waals surface area contributed by atoms with Crippen molar-refractivity contribution in [3.8, 4) is 22.5 Å². The second-order valence-electron chi connectivity index (χ2n) is 5.04. The van der Waals surface area contributed by atoms with Crippen molar-refractivity contribution < 1.29 is 12.0 Å². The molecule has 0 aliphatic rings. The Kier molecular flexibility index (Phi) is 5.76. The third-order valence-electron chi connectivity index (χ3n) is 3.30. The van der Waals surface area contributed by atoms with Crippen molar-refractivity contribution in [2.45, 2.75) is 13.8 Å². The minimum absolute atomic E-state index is 1.00. The van der Waals surface area contributed by atoms with Crippen molar-refractivity contribution in [3.05, 3.63) is 66.0 Å². The number of nitrogens with zero attached hydrogens (tertiary/aromatic N) is 1. The Labute approximate surface area is 136 Å². The van der Waals surface area contributed by atoms with E-state index >= 15 is 0 Å². The molecule has 0 atom stereocenters. The van der Waals surface area contributed by atoms with Crippen LogP contribution < -0.4 is 0 Å². The zero-order valence-corrected chi connectivity index (χ0v) is 13.5. The van der Waals surface area contributed by atoms with Crippen molar-refractivity contribution in [2.24, 2.45) is 0 Å². The second-order valence-corrected chi connectivity index (χ2v) is 5.41. The smallest absolute Gasteiger partial charge is 0.344 e. The van der Waals surface area contributed by atoms with Gasteiger partial charge in [0.05, 0.1) is 17.7 Å². The van der Waals surface area contributed by atoms with Gasteiger partial charge in [-0.2, -0.15) is 4.21 Å². The number of imidazole rings is 1. The van der Waals surface area contributed by atoms with E-state index in [4.69, 9.17) is 4.21 Å². The van der Waals surface area contributed by atoms with E-state index < -0.39 is 11.6 Å². The van der Waals surface area contributed by atoms with Crippen LogP contribution in [0.15, 0.2) is 54.9 Å². The van der Waals surface area contributed by atoms with Gasteiger partial charge in [-0.1, -0.05) is 67.4 Å². The fourth-order valence-corrected chi connectivity index (χ4v) is 2.16. The molecule has 0 aliphatic heterocycles. The lowest BCUT2D eigenvalue weighted by Crippen LogP contribution is -1.84. The number of hydrogen-bond acceptors (Lipinski definition) is 2. The maximum Gasteiger partial charge on any atom is 0.385 e. The molecule has 0 aliphatic carbocycles. The van der Waals surface area contributed by atoms with E-state index in [1.165, 1.54) is 16.7 Å². The van der Waals surface area contributed by atoms with Crippen molar-refractivity contribution in [1.82, 2.24) is 9.97 Å². The number of halogens is 2. The van der Waals surface area contributed by atoms with Crippen LogP contribution in [-0.4, -0.2) is 14.2 Å². The summed E-state index contributed by atoms with van der Waals surface area (Å²) < 4.78 is 27.8. The molecule has 0 spiro atoms. The topological polar surface area (TPSA) is 45.8 Å². The Morgan fingerprint density at radius 3 is 1.78 bits per heavy atom. The fourth-order valence-electron chi connectivity index (χ4n) is 2.16. The number of nitrogens with one attached hydrogen (secondary N) is 1. The first-order chi connectivity index (χ1) is 11.0. The van der Waals surface area contributed by atoms with Gasteiger partial charge in [0, 0.05) is 11.1 Å². The number of rotatable bonds is 2. The molecule has 0 unspecified atom stereocenters. The van der Waals surface area contributed by atoms with E-state index in [1.807, 2.05) is 0 Å². The maximum absolute atomic E-state index is 9.81. The van der Waals surface area contributed by atoms with E-state index in [9.17, 15) is 7.77 Å². The molecule has 3 aromatic rings. The van der Waals surface area contributed by atoms with E-state index in [0.29, 0.717) is 0 Å². The highest BCUT2D eigenvalue weighted by atomic mass is 32.2. The molecule has 3 rings (SSSR count). The quantitative estimate of drug-likeness (QED) is 0.680. The Morgan fingerprint density at radius 1 is 0.870 bits per heavy atom. The highest BCUT2D eigenvalue weighted by Crippen LogP contribution is 2.29. The van der Waals surface area contributed by atoms with Crippen LogP contribution in [0.4, 0.5) is 7.77 Å². The third kappa shape index (κ3) is 4.82. The zero-order valence-electron chi connectivity index (χ0n) is 12.7. The van der Waals surface area contributed by atoms with Crippen molar-refractivity contribution in [1.29, 1.82) is 0 Å². The summed E-state index contributed by atoms with van der Waals surface area (Å²) in [6, 6.07) is 16.9. The average molecular weight is 334 g/mol. The monoisotopic (exact) mass is 334 g/mol. The first-order valence-corrected chi connectivity index (χ1v) is 7.84. The molecule has 2 aromatic carbocycles. The molecule has 1 N–H and O–H groups in total. The number of H-pyrrole nitrogens is 1. The average Bonchev–Trinajstić information content (AvgIpc) is 2.98. The minimum Gasteiger partial charge on any atom is -0.344 e. The standard InChI is InChI=1S/C17H16N2.F2OS/c1-12-3-7-14(8-4-12)16-17(19-11-18-16)15-9-5-13(2)6-10-15;1-4(2)3/h3-11H,1-2H3,(H,18,19);. The summed E-state index contributed by atoms with van der Waals surface area (Å²) in [7, 11) is 0. The van der Waals surface area contributed by atoms with Crippen LogP contribution in [-0.2, 0) is 11.6 Å².